The number of allylic oxidation sites excluding steroid dienone is 1. The zero-order chi connectivity index (χ0) is 71.4. The lowest BCUT2D eigenvalue weighted by Gasteiger charge is -2.52. The van der Waals surface area contributed by atoms with Crippen LogP contribution in [0.1, 0.15) is 220 Å². The fourth-order valence-corrected chi connectivity index (χ4v) is 12.4. The first-order valence-corrected chi connectivity index (χ1v) is 35.3. The Labute approximate surface area is 565 Å². The van der Waals surface area contributed by atoms with E-state index in [4.69, 9.17) is 28.4 Å². The zero-order valence-electron chi connectivity index (χ0n) is 57.1. The smallest absolute Gasteiger partial charge is 0.364 e. The molecule has 18 N–H and O–H groups in total. The Bertz CT molecular complexity index is 2210. The van der Waals surface area contributed by atoms with Gasteiger partial charge in [-0.2, -0.15) is 0 Å². The molecule has 560 valence electrons. The molecule has 29 nitrogen and oxygen atoms in total. The molecule has 20 atom stereocenters. The second-order valence-electron chi connectivity index (χ2n) is 26.8. The van der Waals surface area contributed by atoms with Crippen molar-refractivity contribution in [3.05, 3.63) is 12.2 Å². The summed E-state index contributed by atoms with van der Waals surface area (Å²) in [6.45, 7) is 2.08. The molecule has 0 spiro atoms. The summed E-state index contributed by atoms with van der Waals surface area (Å²) < 4.78 is 35.2. The van der Waals surface area contributed by atoms with E-state index in [2.05, 4.69) is 36.7 Å². The third-order valence-electron chi connectivity index (χ3n) is 18.2. The van der Waals surface area contributed by atoms with Gasteiger partial charge >= 0.3 is 11.9 Å². The van der Waals surface area contributed by atoms with E-state index < -0.39 is 197 Å². The summed E-state index contributed by atoms with van der Waals surface area (Å²) in [7, 11) is 0. The predicted octanol–water partition coefficient (Wildman–Crippen LogP) is 1.48. The first-order chi connectivity index (χ1) is 45.7. The second-order valence-corrected chi connectivity index (χ2v) is 26.8. The second kappa shape index (κ2) is 46.7. The van der Waals surface area contributed by atoms with Gasteiger partial charge < -0.3 is 121 Å². The van der Waals surface area contributed by atoms with Crippen LogP contribution in [0, 0.1) is 5.92 Å². The lowest BCUT2D eigenvalue weighted by atomic mass is 9.86. The van der Waals surface area contributed by atoms with Crippen LogP contribution in [0.2, 0.25) is 0 Å². The number of aliphatic hydroxyl groups excluding tert-OH is 13. The lowest BCUT2D eigenvalue weighted by molar-refractivity contribution is -0.365. The predicted molar refractivity (Wildman–Crippen MR) is 347 cm³/mol. The largest absolute Gasteiger partial charge is 0.477 e. The van der Waals surface area contributed by atoms with E-state index in [1.165, 1.54) is 96.0 Å². The molecule has 3 rings (SSSR count). The Morgan fingerprint density at radius 3 is 1.55 bits per heavy atom. The SMILES string of the molecule is CCCCCCCCCCCCCCCCCCCCC[C@@H](O)C(=O)N[C@@H](CO[C@@H]1O[C@H](CO[C@]2(C(=O)O)C[C@H](O[C@]3(C(=O)O)C[C@H](O)[C@@H](NC(=O)CO)[C@H]([C@H](O)[C@H](O)CO)O3)[C@@H](NC(C)=O)[C@H]([C@H](O)[C@H](O)CO)O2)[C@@H](O)[C@H](O)[C@H]1O)[C@H](O)/C=C/CCCCCCCCC(C)C. The molecule has 29 heteroatoms. The average Bonchev–Trinajstić information content (AvgIpc) is 0.747. The van der Waals surface area contributed by atoms with Crippen LogP contribution >= 0.6 is 0 Å². The molecule has 3 aliphatic heterocycles. The molecule has 96 heavy (non-hydrogen) atoms. The number of aliphatic carboxylic acids is 2. The standard InChI is InChI=1S/C67H121N3O26/c1-5-6-7-8-9-10-11-12-13-14-15-16-17-18-19-20-25-28-31-34-46(76)62(86)69-44(45(75)33-30-27-24-22-21-23-26-29-32-42(2)3)40-91-63-59(85)58(84)57(83)51(93-63)41-92-66(64(87)88)36-50(54(68-43(4)74)61(95-66)56(82)49(79)38-72)94-67(65(89)90)35-47(77)53(70-52(80)39-73)60(96-67)55(81)48(78)37-71/h30,33,42,44-51,53-61,63,71-73,75-79,81-85H,5-29,31-32,34-41H2,1-4H3,(H,68,74)(H,69,86)(H,70,80)(H,87,88)(H,89,90)/b33-30+/t44-,45+,46+,47-,48+,49+,50-,51+,53+,54+,55+,56+,57+,58-,59+,60+,61+,63+,66+,67+/m0/s1. The maximum atomic E-state index is 13.6. The quantitative estimate of drug-likeness (QED) is 0.0303. The van der Waals surface area contributed by atoms with Crippen molar-refractivity contribution < 1.29 is 129 Å². The summed E-state index contributed by atoms with van der Waals surface area (Å²) in [5.74, 6) is -13.2. The molecule has 0 radical (unpaired) electrons. The number of ether oxygens (including phenoxy) is 6. The van der Waals surface area contributed by atoms with Crippen molar-refractivity contribution in [1.29, 1.82) is 0 Å². The average molecular weight is 1380 g/mol. The number of carbonyl (C=O) groups is 5. The Morgan fingerprint density at radius 1 is 0.594 bits per heavy atom. The van der Waals surface area contributed by atoms with Crippen molar-refractivity contribution in [2.75, 3.05) is 33.0 Å². The van der Waals surface area contributed by atoms with Gasteiger partial charge in [-0.1, -0.05) is 193 Å². The van der Waals surface area contributed by atoms with Crippen LogP contribution < -0.4 is 16.0 Å². The third-order valence-corrected chi connectivity index (χ3v) is 18.2. The van der Waals surface area contributed by atoms with E-state index in [-0.39, 0.29) is 6.42 Å². The van der Waals surface area contributed by atoms with E-state index in [9.17, 15) is 101 Å². The van der Waals surface area contributed by atoms with Crippen LogP contribution in [-0.4, -0.2) is 261 Å². The van der Waals surface area contributed by atoms with Crippen LogP contribution in [-0.2, 0) is 52.4 Å². The number of aliphatic hydroxyl groups is 13. The maximum Gasteiger partial charge on any atom is 0.364 e. The minimum Gasteiger partial charge on any atom is -0.477 e. The number of hydrogen-bond donors (Lipinski definition) is 18. The summed E-state index contributed by atoms with van der Waals surface area (Å²) in [5.41, 5.74) is 0. The number of amides is 3. The Hall–Kier alpha value is -3.67. The van der Waals surface area contributed by atoms with E-state index in [1.54, 1.807) is 6.08 Å². The van der Waals surface area contributed by atoms with E-state index >= 15 is 0 Å². The monoisotopic (exact) mass is 1380 g/mol. The molecular weight excluding hydrogens is 1260 g/mol. The normalized spacial score (nSPS) is 28.5. The number of nitrogens with one attached hydrogen (secondary N) is 3. The Balaban J connectivity index is 1.82. The van der Waals surface area contributed by atoms with Gasteiger partial charge in [0.2, 0.25) is 17.7 Å². The zero-order valence-corrected chi connectivity index (χ0v) is 57.1. The summed E-state index contributed by atoms with van der Waals surface area (Å²) >= 11 is 0. The number of rotatable bonds is 52. The molecule has 3 fully saturated rings. The highest BCUT2D eigenvalue weighted by Gasteiger charge is 2.63. The van der Waals surface area contributed by atoms with Gasteiger partial charge in [-0.15, -0.1) is 0 Å². The minimum absolute atomic E-state index is 0.119. The van der Waals surface area contributed by atoms with Gasteiger partial charge in [-0.05, 0) is 25.2 Å². The van der Waals surface area contributed by atoms with Crippen molar-refractivity contribution in [2.45, 2.75) is 342 Å². The number of unbranched alkanes of at least 4 members (excludes halogenated alkanes) is 24. The van der Waals surface area contributed by atoms with Gasteiger partial charge in [0.25, 0.3) is 11.6 Å². The number of carboxylic acids is 2. The molecule has 0 bridgehead atoms. The van der Waals surface area contributed by atoms with Crippen LogP contribution in [0.4, 0.5) is 0 Å². The van der Waals surface area contributed by atoms with Crippen molar-refractivity contribution in [3.8, 4) is 0 Å². The number of hydrogen-bond acceptors (Lipinski definition) is 24. The molecule has 0 aromatic carbocycles. The van der Waals surface area contributed by atoms with Crippen LogP contribution in [0.25, 0.3) is 0 Å². The van der Waals surface area contributed by atoms with Gasteiger partial charge in [0.1, 0.15) is 73.8 Å². The molecule has 3 amide bonds. The highest BCUT2D eigenvalue weighted by Crippen LogP contribution is 2.42. The molecule has 0 aliphatic carbocycles. The molecule has 3 aliphatic rings. The van der Waals surface area contributed by atoms with Crippen LogP contribution in [0.3, 0.4) is 0 Å². The highest BCUT2D eigenvalue weighted by molar-refractivity contribution is 5.81. The molecule has 3 heterocycles. The molecule has 3 saturated heterocycles. The molecule has 0 saturated carbocycles. The van der Waals surface area contributed by atoms with Crippen molar-refractivity contribution in [3.63, 3.8) is 0 Å². The summed E-state index contributed by atoms with van der Waals surface area (Å²) in [4.78, 5) is 65.8. The van der Waals surface area contributed by atoms with Crippen LogP contribution in [0.15, 0.2) is 12.2 Å². The fourth-order valence-electron chi connectivity index (χ4n) is 12.4. The first-order valence-electron chi connectivity index (χ1n) is 35.3. The topological polar surface area (TPSA) is 480 Å². The van der Waals surface area contributed by atoms with E-state index in [0.717, 1.165) is 77.6 Å². The van der Waals surface area contributed by atoms with Crippen molar-refractivity contribution in [1.82, 2.24) is 16.0 Å². The highest BCUT2D eigenvalue weighted by atomic mass is 16.8. The minimum atomic E-state index is -3.31. The Kier molecular flexibility index (Phi) is 42.1. The molecule has 0 aromatic heterocycles. The summed E-state index contributed by atoms with van der Waals surface area (Å²) in [5, 5.41) is 169. The number of carboxylic acid groups (broad SMARTS) is 2. The fraction of sp³-hybridized carbons (Fsp3) is 0.896. The first kappa shape index (κ1) is 86.6. The summed E-state index contributed by atoms with van der Waals surface area (Å²) in [6, 6.07) is -5.14. The van der Waals surface area contributed by atoms with E-state index in [0.29, 0.717) is 18.8 Å². The van der Waals surface area contributed by atoms with Crippen molar-refractivity contribution in [2.24, 2.45) is 5.92 Å². The lowest BCUT2D eigenvalue weighted by Crippen LogP contribution is -2.72. The van der Waals surface area contributed by atoms with Gasteiger partial charge in [-0.3, -0.25) is 14.4 Å². The third kappa shape index (κ3) is 29.5. The van der Waals surface area contributed by atoms with Gasteiger partial charge in [0.05, 0.1) is 62.9 Å². The van der Waals surface area contributed by atoms with Gasteiger partial charge in [0, 0.05) is 19.8 Å². The maximum absolute atomic E-state index is 13.6. The van der Waals surface area contributed by atoms with Crippen molar-refractivity contribution >= 4 is 29.7 Å². The number of carbonyl (C=O) groups excluding carboxylic acids is 3. The van der Waals surface area contributed by atoms with Gasteiger partial charge in [-0.25, -0.2) is 9.59 Å². The molecular formula is C67H121N3O26. The molecule has 0 unspecified atom stereocenters. The molecule has 0 aromatic rings. The van der Waals surface area contributed by atoms with Gasteiger partial charge in [0.15, 0.2) is 6.29 Å². The summed E-state index contributed by atoms with van der Waals surface area (Å²) in [6.07, 6.45) is 0.0628. The Morgan fingerprint density at radius 2 is 1.07 bits per heavy atom. The van der Waals surface area contributed by atoms with E-state index in [1.807, 2.05) is 0 Å². The van der Waals surface area contributed by atoms with Crippen LogP contribution in [0.5, 0.6) is 0 Å².